The van der Waals surface area contributed by atoms with Crippen LogP contribution >= 0.6 is 0 Å². The number of carbonyl (C=O) groups is 1. The van der Waals surface area contributed by atoms with E-state index in [1.165, 1.54) is 0 Å². The van der Waals surface area contributed by atoms with E-state index in [1.54, 1.807) is 10.9 Å². The molecule has 124 valence electrons. The number of nitrogens with two attached hydrogens (primary N) is 1. The minimum atomic E-state index is -0.502. The van der Waals surface area contributed by atoms with Crippen molar-refractivity contribution in [2.24, 2.45) is 12.8 Å². The van der Waals surface area contributed by atoms with E-state index in [1.807, 2.05) is 41.9 Å². The summed E-state index contributed by atoms with van der Waals surface area (Å²) in [5.41, 5.74) is 6.94. The van der Waals surface area contributed by atoms with Crippen LogP contribution < -0.4 is 5.73 Å². The molecule has 8 heteroatoms. The van der Waals surface area contributed by atoms with Gasteiger partial charge in [0.25, 0.3) is 0 Å². The van der Waals surface area contributed by atoms with Crippen molar-refractivity contribution in [3.05, 3.63) is 42.4 Å². The summed E-state index contributed by atoms with van der Waals surface area (Å²) >= 11 is 0. The molecule has 2 aromatic heterocycles. The lowest BCUT2D eigenvalue weighted by Gasteiger charge is -2.07. The molecule has 0 atom stereocenters. The zero-order valence-electron chi connectivity index (χ0n) is 13.3. The summed E-state index contributed by atoms with van der Waals surface area (Å²) in [6.07, 6.45) is 1.66. The Bertz CT molecular complexity index is 853. The normalized spacial score (nSPS) is 10.9. The van der Waals surface area contributed by atoms with Crippen molar-refractivity contribution in [3.63, 3.8) is 0 Å². The van der Waals surface area contributed by atoms with Crippen LogP contribution in [0.3, 0.4) is 0 Å². The number of imidazole rings is 1. The fraction of sp³-hybridized carbons (Fsp3) is 0.250. The third kappa shape index (κ3) is 3.04. The SMILES string of the molecule is Cn1c(-c2nc(CC(N)=O)nn2CCO)cnc1-c1ccccc1. The van der Waals surface area contributed by atoms with Gasteiger partial charge in [-0.1, -0.05) is 30.3 Å². The van der Waals surface area contributed by atoms with Crippen LogP contribution in [0.15, 0.2) is 36.5 Å². The van der Waals surface area contributed by atoms with E-state index in [2.05, 4.69) is 15.1 Å². The van der Waals surface area contributed by atoms with Crippen molar-refractivity contribution in [2.75, 3.05) is 6.61 Å². The van der Waals surface area contributed by atoms with Crippen LogP contribution in [0.25, 0.3) is 22.9 Å². The molecule has 0 saturated carbocycles. The average Bonchev–Trinajstić information content (AvgIpc) is 3.11. The number of aliphatic hydroxyl groups is 1. The first-order chi connectivity index (χ1) is 11.6. The highest BCUT2D eigenvalue weighted by atomic mass is 16.3. The topological polar surface area (TPSA) is 112 Å². The summed E-state index contributed by atoms with van der Waals surface area (Å²) in [5.74, 6) is 1.16. The molecule has 3 aromatic rings. The van der Waals surface area contributed by atoms with Gasteiger partial charge in [-0.3, -0.25) is 4.79 Å². The lowest BCUT2D eigenvalue weighted by molar-refractivity contribution is -0.117. The van der Waals surface area contributed by atoms with Crippen LogP contribution in [-0.4, -0.2) is 41.9 Å². The summed E-state index contributed by atoms with van der Waals surface area (Å²) in [4.78, 5) is 20.0. The van der Waals surface area contributed by atoms with Gasteiger partial charge in [0.2, 0.25) is 5.91 Å². The fourth-order valence-corrected chi connectivity index (χ4v) is 2.53. The van der Waals surface area contributed by atoms with E-state index in [0.29, 0.717) is 11.6 Å². The molecule has 0 aliphatic carbocycles. The minimum Gasteiger partial charge on any atom is -0.394 e. The number of hydrogen-bond donors (Lipinski definition) is 2. The number of carbonyl (C=O) groups excluding carboxylic acids is 1. The average molecular weight is 326 g/mol. The Labute approximate surface area is 138 Å². The molecule has 3 rings (SSSR count). The second kappa shape index (κ2) is 6.63. The maximum atomic E-state index is 11.1. The third-order valence-corrected chi connectivity index (χ3v) is 3.61. The molecule has 0 radical (unpaired) electrons. The zero-order valence-corrected chi connectivity index (χ0v) is 13.3. The van der Waals surface area contributed by atoms with Gasteiger partial charge in [0.1, 0.15) is 11.5 Å². The first-order valence-electron chi connectivity index (χ1n) is 7.50. The van der Waals surface area contributed by atoms with Gasteiger partial charge in [-0.2, -0.15) is 5.10 Å². The van der Waals surface area contributed by atoms with Gasteiger partial charge in [-0.15, -0.1) is 0 Å². The second-order valence-electron chi connectivity index (χ2n) is 5.33. The Morgan fingerprint density at radius 3 is 2.67 bits per heavy atom. The number of primary amides is 1. The number of nitrogens with zero attached hydrogens (tertiary/aromatic N) is 5. The van der Waals surface area contributed by atoms with Gasteiger partial charge in [-0.05, 0) is 0 Å². The Kier molecular flexibility index (Phi) is 4.39. The van der Waals surface area contributed by atoms with Gasteiger partial charge >= 0.3 is 0 Å². The standard InChI is InChI=1S/C16H18N6O2/c1-21-12(10-18-15(21)11-5-3-2-4-6-11)16-19-14(9-13(17)24)20-22(16)7-8-23/h2-6,10,23H,7-9H2,1H3,(H2,17,24). The molecule has 0 bridgehead atoms. The molecule has 0 aliphatic rings. The molecule has 1 amide bonds. The molecule has 0 aliphatic heterocycles. The predicted octanol–water partition coefficient (Wildman–Crippen LogP) is 0.366. The van der Waals surface area contributed by atoms with E-state index < -0.39 is 5.91 Å². The quantitative estimate of drug-likeness (QED) is 0.679. The van der Waals surface area contributed by atoms with Crippen molar-refractivity contribution in [1.82, 2.24) is 24.3 Å². The molecule has 2 heterocycles. The van der Waals surface area contributed by atoms with E-state index in [-0.39, 0.29) is 19.6 Å². The lowest BCUT2D eigenvalue weighted by Crippen LogP contribution is -2.15. The Hall–Kier alpha value is -3.00. The van der Waals surface area contributed by atoms with Crippen LogP contribution in [0.5, 0.6) is 0 Å². The third-order valence-electron chi connectivity index (χ3n) is 3.61. The van der Waals surface area contributed by atoms with Crippen molar-refractivity contribution >= 4 is 5.91 Å². The number of aliphatic hydroxyl groups excluding tert-OH is 1. The summed E-state index contributed by atoms with van der Waals surface area (Å²) in [6.45, 7) is 0.183. The molecular weight excluding hydrogens is 308 g/mol. The van der Waals surface area contributed by atoms with Crippen LogP contribution in [0, 0.1) is 0 Å². The van der Waals surface area contributed by atoms with Gasteiger partial charge in [0.05, 0.1) is 25.8 Å². The van der Waals surface area contributed by atoms with Crippen LogP contribution in [0.1, 0.15) is 5.82 Å². The van der Waals surface area contributed by atoms with Gasteiger partial charge in [0.15, 0.2) is 11.6 Å². The highest BCUT2D eigenvalue weighted by Gasteiger charge is 2.18. The van der Waals surface area contributed by atoms with Crippen molar-refractivity contribution in [3.8, 4) is 22.9 Å². The summed E-state index contributed by atoms with van der Waals surface area (Å²) < 4.78 is 3.46. The number of rotatable bonds is 6. The lowest BCUT2D eigenvalue weighted by atomic mass is 10.2. The molecule has 24 heavy (non-hydrogen) atoms. The molecule has 8 nitrogen and oxygen atoms in total. The van der Waals surface area contributed by atoms with Gasteiger partial charge in [0, 0.05) is 12.6 Å². The van der Waals surface area contributed by atoms with Crippen molar-refractivity contribution in [1.29, 1.82) is 0 Å². The first kappa shape index (κ1) is 15.9. The van der Waals surface area contributed by atoms with Gasteiger partial charge in [-0.25, -0.2) is 14.6 Å². The largest absolute Gasteiger partial charge is 0.394 e. The molecule has 0 saturated heterocycles. The highest BCUT2D eigenvalue weighted by molar-refractivity contribution is 5.75. The number of amides is 1. The number of benzene rings is 1. The Morgan fingerprint density at radius 1 is 1.25 bits per heavy atom. The Balaban J connectivity index is 2.04. The molecule has 3 N–H and O–H groups in total. The van der Waals surface area contributed by atoms with E-state index in [9.17, 15) is 9.90 Å². The summed E-state index contributed by atoms with van der Waals surface area (Å²) in [7, 11) is 1.89. The minimum absolute atomic E-state index is 0.0468. The molecule has 0 unspecified atom stereocenters. The molecule has 0 fully saturated rings. The summed E-state index contributed by atoms with van der Waals surface area (Å²) in [6, 6.07) is 9.79. The predicted molar refractivity (Wildman–Crippen MR) is 87.6 cm³/mol. The second-order valence-corrected chi connectivity index (χ2v) is 5.33. The van der Waals surface area contributed by atoms with E-state index in [4.69, 9.17) is 5.73 Å². The summed E-state index contributed by atoms with van der Waals surface area (Å²) in [5, 5.41) is 13.5. The Morgan fingerprint density at radius 2 is 2.00 bits per heavy atom. The monoisotopic (exact) mass is 326 g/mol. The number of aromatic nitrogens is 5. The first-order valence-corrected chi connectivity index (χ1v) is 7.50. The zero-order chi connectivity index (χ0) is 17.1. The van der Waals surface area contributed by atoms with Crippen LogP contribution in [0.2, 0.25) is 0 Å². The maximum absolute atomic E-state index is 11.1. The highest BCUT2D eigenvalue weighted by Crippen LogP contribution is 2.24. The van der Waals surface area contributed by atoms with Crippen LogP contribution in [0.4, 0.5) is 0 Å². The van der Waals surface area contributed by atoms with Crippen molar-refractivity contribution in [2.45, 2.75) is 13.0 Å². The molecule has 0 spiro atoms. The maximum Gasteiger partial charge on any atom is 0.225 e. The van der Waals surface area contributed by atoms with E-state index >= 15 is 0 Å². The molecular formula is C16H18N6O2. The van der Waals surface area contributed by atoms with E-state index in [0.717, 1.165) is 17.1 Å². The van der Waals surface area contributed by atoms with Gasteiger partial charge < -0.3 is 15.4 Å². The molecule has 1 aromatic carbocycles. The number of hydrogen-bond acceptors (Lipinski definition) is 5. The van der Waals surface area contributed by atoms with Crippen molar-refractivity contribution < 1.29 is 9.90 Å². The van der Waals surface area contributed by atoms with Crippen LogP contribution in [-0.2, 0) is 24.8 Å². The smallest absolute Gasteiger partial charge is 0.225 e. The fourth-order valence-electron chi connectivity index (χ4n) is 2.53.